The summed E-state index contributed by atoms with van der Waals surface area (Å²) in [5, 5.41) is 2.65. The topological polar surface area (TPSA) is 9.72 Å². The minimum atomic E-state index is -0.111. The molecule has 0 spiro atoms. The quantitative estimate of drug-likeness (QED) is 0.154. The molecule has 4 aliphatic rings. The number of benzene rings is 9. The van der Waals surface area contributed by atoms with Crippen molar-refractivity contribution in [3.05, 3.63) is 214 Å². The average molecular weight is 1210 g/mol. The number of anilines is 9. The van der Waals surface area contributed by atoms with E-state index in [4.69, 9.17) is 0 Å². The van der Waals surface area contributed by atoms with E-state index in [0.29, 0.717) is 0 Å². The van der Waals surface area contributed by atoms with Crippen molar-refractivity contribution in [2.45, 2.75) is 207 Å². The van der Waals surface area contributed by atoms with Gasteiger partial charge in [-0.2, -0.15) is 0 Å². The average Bonchev–Trinajstić information content (AvgIpc) is 0.991. The van der Waals surface area contributed by atoms with Crippen molar-refractivity contribution in [1.82, 2.24) is 0 Å². The molecule has 0 bridgehead atoms. The highest BCUT2D eigenvalue weighted by Crippen LogP contribution is 2.57. The zero-order chi connectivity index (χ0) is 64.7. The first kappa shape index (κ1) is 61.2. The fourth-order valence-electron chi connectivity index (χ4n) is 16.1. The van der Waals surface area contributed by atoms with Crippen LogP contribution in [-0.4, -0.2) is 6.71 Å². The Morgan fingerprint density at radius 1 is 0.407 bits per heavy atom. The summed E-state index contributed by atoms with van der Waals surface area (Å²) in [6.45, 7) is 48.0. The van der Waals surface area contributed by atoms with Gasteiger partial charge in [-0.1, -0.05) is 236 Å². The molecular weight excluding hydrogens is 1120 g/mol. The van der Waals surface area contributed by atoms with E-state index >= 15 is 0 Å². The fraction of sp³-hybridized carbons (Fsp3) is 0.372. The summed E-state index contributed by atoms with van der Waals surface area (Å²) in [5.41, 5.74) is 28.3. The predicted molar refractivity (Wildman–Crippen MR) is 399 cm³/mol. The molecule has 0 radical (unpaired) electrons. The maximum absolute atomic E-state index is 2.78. The van der Waals surface area contributed by atoms with Crippen molar-refractivity contribution >= 4 is 106 Å². The second-order valence-electron chi connectivity index (χ2n) is 34.4. The van der Waals surface area contributed by atoms with Crippen molar-refractivity contribution in [2.24, 2.45) is 0 Å². The van der Waals surface area contributed by atoms with Gasteiger partial charge in [0, 0.05) is 59.9 Å². The van der Waals surface area contributed by atoms with E-state index in [-0.39, 0.29) is 50.0 Å². The Labute approximate surface area is 550 Å². The molecule has 14 rings (SSSR count). The van der Waals surface area contributed by atoms with Crippen LogP contribution in [0.2, 0.25) is 0 Å². The highest BCUT2D eigenvalue weighted by molar-refractivity contribution is 7.26. The predicted octanol–water partition coefficient (Wildman–Crippen LogP) is 23.2. The van der Waals surface area contributed by atoms with Crippen LogP contribution in [0.5, 0.6) is 0 Å². The van der Waals surface area contributed by atoms with Crippen LogP contribution in [0.25, 0.3) is 31.3 Å². The lowest BCUT2D eigenvalue weighted by Crippen LogP contribution is -2.62. The second kappa shape index (κ2) is 20.6. The molecule has 10 aromatic rings. The van der Waals surface area contributed by atoms with Crippen LogP contribution in [0, 0.1) is 0 Å². The first-order valence-corrected chi connectivity index (χ1v) is 34.8. The van der Waals surface area contributed by atoms with Gasteiger partial charge < -0.3 is 14.7 Å². The Morgan fingerprint density at radius 3 is 1.49 bits per heavy atom. The lowest BCUT2D eigenvalue weighted by atomic mass is 9.33. The van der Waals surface area contributed by atoms with Crippen molar-refractivity contribution in [3.8, 4) is 11.1 Å². The number of thiophene rings is 1. The van der Waals surface area contributed by atoms with Gasteiger partial charge in [-0.25, -0.2) is 0 Å². The Kier molecular flexibility index (Phi) is 13.8. The summed E-state index contributed by atoms with van der Waals surface area (Å²) in [7, 11) is 0. The van der Waals surface area contributed by atoms with E-state index in [1.165, 1.54) is 126 Å². The summed E-state index contributed by atoms with van der Waals surface area (Å²) in [5.74, 6) is 0. The highest BCUT2D eigenvalue weighted by atomic mass is 32.1. The van der Waals surface area contributed by atoms with Crippen LogP contribution in [0.15, 0.2) is 170 Å². The molecule has 0 amide bonds. The van der Waals surface area contributed by atoms with Crippen LogP contribution in [0.4, 0.5) is 51.2 Å². The Hall–Kier alpha value is -7.34. The molecule has 464 valence electrons. The molecule has 5 heteroatoms. The smallest absolute Gasteiger partial charge is 0.252 e. The van der Waals surface area contributed by atoms with Gasteiger partial charge >= 0.3 is 0 Å². The number of fused-ring (bicyclic) bond motifs is 10. The van der Waals surface area contributed by atoms with Crippen molar-refractivity contribution in [2.75, 3.05) is 14.7 Å². The van der Waals surface area contributed by atoms with Crippen LogP contribution in [0.1, 0.15) is 209 Å². The van der Waals surface area contributed by atoms with Crippen LogP contribution in [0.3, 0.4) is 0 Å². The summed E-state index contributed by atoms with van der Waals surface area (Å²) in [6.07, 6.45) is 4.57. The summed E-state index contributed by atoms with van der Waals surface area (Å²) >= 11 is 1.98. The van der Waals surface area contributed by atoms with E-state index in [1.54, 1.807) is 0 Å². The molecule has 0 saturated carbocycles. The number of hydrogen-bond acceptors (Lipinski definition) is 4. The lowest BCUT2D eigenvalue weighted by molar-refractivity contribution is 0.332. The number of hydrogen-bond donors (Lipinski definition) is 0. The highest BCUT2D eigenvalue weighted by Gasteiger charge is 2.49. The monoisotopic (exact) mass is 1210 g/mol. The zero-order valence-corrected chi connectivity index (χ0v) is 59.1. The molecule has 0 saturated heterocycles. The molecule has 91 heavy (non-hydrogen) atoms. The van der Waals surface area contributed by atoms with E-state index < -0.39 is 0 Å². The van der Waals surface area contributed by atoms with Crippen LogP contribution in [-0.2, 0) is 43.3 Å². The fourth-order valence-corrected chi connectivity index (χ4v) is 17.5. The summed E-state index contributed by atoms with van der Waals surface area (Å²) in [4.78, 5) is 8.10. The largest absolute Gasteiger partial charge is 0.311 e. The third-order valence-electron chi connectivity index (χ3n) is 22.0. The second-order valence-corrected chi connectivity index (χ2v) is 35.5. The van der Waals surface area contributed by atoms with E-state index in [1.807, 2.05) is 11.3 Å². The van der Waals surface area contributed by atoms with Gasteiger partial charge in [-0.3, -0.25) is 0 Å². The normalized spacial score (nSPS) is 17.1. The molecule has 3 nitrogen and oxygen atoms in total. The van der Waals surface area contributed by atoms with Gasteiger partial charge in [0.05, 0.1) is 17.1 Å². The lowest BCUT2D eigenvalue weighted by Gasteiger charge is -2.48. The van der Waals surface area contributed by atoms with Gasteiger partial charge in [0.15, 0.2) is 0 Å². The molecule has 2 aliphatic carbocycles. The number of nitrogens with zero attached hydrogens (tertiary/aromatic N) is 3. The van der Waals surface area contributed by atoms with Crippen LogP contribution >= 0.6 is 11.3 Å². The third-order valence-corrected chi connectivity index (χ3v) is 23.2. The first-order chi connectivity index (χ1) is 42.6. The van der Waals surface area contributed by atoms with Gasteiger partial charge in [-0.05, 0) is 208 Å². The van der Waals surface area contributed by atoms with Crippen molar-refractivity contribution in [3.63, 3.8) is 0 Å². The van der Waals surface area contributed by atoms with Crippen molar-refractivity contribution < 1.29 is 0 Å². The van der Waals surface area contributed by atoms with Gasteiger partial charge in [-0.15, -0.1) is 11.3 Å². The van der Waals surface area contributed by atoms with E-state index in [9.17, 15) is 0 Å². The SMILES string of the molecule is CC(C)(C)c1ccc(N(c2ccc(C(C)(C)C)cc2)c2cc3c4c(c2)N(c2ccc(C(C)(C)C)cc2-c2ccccc2)c2c(ccc5sc6c(C(C)(C)C)cccc6c25)B4c2cc4c(cc2N3c2ccc3c(c2)C(C)(C)CCC3(C)C)C(C)(C)CCC4(C)C)cc1. The maximum Gasteiger partial charge on any atom is 0.252 e. The van der Waals surface area contributed by atoms with E-state index in [0.717, 1.165) is 42.7 Å². The molecule has 0 atom stereocenters. The summed E-state index contributed by atoms with van der Waals surface area (Å²) in [6, 6.07) is 68.2. The molecule has 0 unspecified atom stereocenters. The third kappa shape index (κ3) is 10.0. The van der Waals surface area contributed by atoms with Crippen LogP contribution < -0.4 is 31.1 Å². The summed E-state index contributed by atoms with van der Waals surface area (Å²) < 4.78 is 2.69. The van der Waals surface area contributed by atoms with Crippen molar-refractivity contribution in [1.29, 1.82) is 0 Å². The minimum Gasteiger partial charge on any atom is -0.311 e. The Morgan fingerprint density at radius 2 is 0.934 bits per heavy atom. The molecule has 2 aliphatic heterocycles. The molecule has 0 fully saturated rings. The first-order valence-electron chi connectivity index (χ1n) is 33.9. The number of rotatable bonds is 6. The molecule has 3 heterocycles. The zero-order valence-electron chi connectivity index (χ0n) is 58.3. The standard InChI is InChI=1S/C86H96BN3S/c1-79(2,3)54-29-34-57(35-30-54)88(58-36-31-55(32-37-58)80(4,5)6)60-49-72-76-73(50-60)90(70-41-33-56(81(7,8)9)47-62(70)53-25-22-21-23-26-53)77-68(40-42-74-75(77)61-27-24-28-64(78(61)91-74)82(10,11)12)87(76)69-51-66-67(86(19,20)46-45-85(66,17)18)52-71(69)89(72)59-38-39-63-65(48-59)84(15,16)44-43-83(63,13)14/h21-42,47-52H,43-46H2,1-20H3. The molecular formula is C86H96BN3S. The Balaban J connectivity index is 1.20. The van der Waals surface area contributed by atoms with Gasteiger partial charge in [0.25, 0.3) is 6.71 Å². The maximum atomic E-state index is 2.78. The van der Waals surface area contributed by atoms with E-state index in [2.05, 4.69) is 323 Å². The van der Waals surface area contributed by atoms with Gasteiger partial charge in [0.1, 0.15) is 0 Å². The molecule has 9 aromatic carbocycles. The Bertz CT molecular complexity index is 4500. The molecule has 1 aromatic heterocycles. The molecule has 0 N–H and O–H groups in total. The van der Waals surface area contributed by atoms with Gasteiger partial charge in [0.2, 0.25) is 0 Å². The minimum absolute atomic E-state index is 0.00920.